The van der Waals surface area contributed by atoms with E-state index >= 15 is 0 Å². The van der Waals surface area contributed by atoms with Gasteiger partial charge in [-0.05, 0) is 29.2 Å². The summed E-state index contributed by atoms with van der Waals surface area (Å²) in [4.78, 5) is 14.1. The van der Waals surface area contributed by atoms with Gasteiger partial charge in [0.25, 0.3) is 0 Å². The minimum Gasteiger partial charge on any atom is -0.386 e. The van der Waals surface area contributed by atoms with E-state index in [2.05, 4.69) is 0 Å². The van der Waals surface area contributed by atoms with Gasteiger partial charge < -0.3 is 15.7 Å². The minimum absolute atomic E-state index is 0. The lowest BCUT2D eigenvalue weighted by Crippen LogP contribution is -2.45. The molecule has 2 aromatic rings. The van der Waals surface area contributed by atoms with Crippen molar-refractivity contribution in [2.75, 3.05) is 13.1 Å². The second-order valence-electron chi connectivity index (χ2n) is 5.57. The number of hydrogen-bond donors (Lipinski definition) is 2. The number of carbonyl (C=O) groups excluding carboxylic acids is 1. The summed E-state index contributed by atoms with van der Waals surface area (Å²) in [6, 6.07) is 12.6. The molecule has 118 valence electrons. The van der Waals surface area contributed by atoms with Crippen LogP contribution in [0.5, 0.6) is 0 Å². The van der Waals surface area contributed by atoms with Crippen LogP contribution in [-0.2, 0) is 4.79 Å². The van der Waals surface area contributed by atoms with Gasteiger partial charge in [-0.1, -0.05) is 42.5 Å². The van der Waals surface area contributed by atoms with Gasteiger partial charge in [0, 0.05) is 13.1 Å². The minimum atomic E-state index is -0.982. The molecule has 1 aliphatic heterocycles. The fourth-order valence-corrected chi connectivity index (χ4v) is 2.99. The number of carbonyl (C=O) groups is 1. The molecule has 0 spiro atoms. The van der Waals surface area contributed by atoms with Gasteiger partial charge in [0.05, 0.1) is 0 Å². The number of aliphatic hydroxyl groups excluding tert-OH is 1. The molecule has 1 heterocycles. The van der Waals surface area contributed by atoms with Gasteiger partial charge in [0.15, 0.2) is 0 Å². The lowest BCUT2D eigenvalue weighted by molar-refractivity contribution is -0.134. The Labute approximate surface area is 136 Å². The SMILES string of the molecule is Cl.N[C@@H](C(=O)N1CCCC1)[C@@H](O)c1cccc2ccccc12. The van der Waals surface area contributed by atoms with E-state index in [0.29, 0.717) is 5.56 Å². The Hall–Kier alpha value is -1.62. The van der Waals surface area contributed by atoms with Crippen LogP contribution in [0.2, 0.25) is 0 Å². The van der Waals surface area contributed by atoms with Crippen molar-refractivity contribution in [2.45, 2.75) is 25.0 Å². The standard InChI is InChI=1S/C17H20N2O2.ClH/c18-15(17(21)19-10-3-4-11-19)16(20)14-9-5-7-12-6-1-2-8-13(12)14;/h1-2,5-9,15-16,20H,3-4,10-11,18H2;1H/t15-,16+;/m1./s1. The maximum absolute atomic E-state index is 12.3. The molecule has 0 aliphatic carbocycles. The number of benzene rings is 2. The number of likely N-dealkylation sites (tertiary alicyclic amines) is 1. The summed E-state index contributed by atoms with van der Waals surface area (Å²) < 4.78 is 0. The third-order valence-corrected chi connectivity index (χ3v) is 4.19. The van der Waals surface area contributed by atoms with Crippen molar-refractivity contribution >= 4 is 29.1 Å². The van der Waals surface area contributed by atoms with Crippen molar-refractivity contribution in [2.24, 2.45) is 5.73 Å². The van der Waals surface area contributed by atoms with Crippen molar-refractivity contribution in [1.29, 1.82) is 0 Å². The number of nitrogens with zero attached hydrogens (tertiary/aromatic N) is 1. The quantitative estimate of drug-likeness (QED) is 0.911. The Bertz CT molecular complexity index is 651. The largest absolute Gasteiger partial charge is 0.386 e. The van der Waals surface area contributed by atoms with Crippen LogP contribution in [0.25, 0.3) is 10.8 Å². The van der Waals surface area contributed by atoms with Gasteiger partial charge in [0.2, 0.25) is 5.91 Å². The first-order chi connectivity index (χ1) is 10.2. The van der Waals surface area contributed by atoms with Crippen LogP contribution in [0, 0.1) is 0 Å². The van der Waals surface area contributed by atoms with Crippen molar-refractivity contribution in [1.82, 2.24) is 4.90 Å². The topological polar surface area (TPSA) is 66.6 Å². The molecule has 1 fully saturated rings. The van der Waals surface area contributed by atoms with Crippen LogP contribution >= 0.6 is 12.4 Å². The van der Waals surface area contributed by atoms with E-state index in [9.17, 15) is 9.90 Å². The van der Waals surface area contributed by atoms with E-state index < -0.39 is 12.1 Å². The molecule has 22 heavy (non-hydrogen) atoms. The maximum atomic E-state index is 12.3. The third kappa shape index (κ3) is 3.09. The van der Waals surface area contributed by atoms with Gasteiger partial charge in [-0.15, -0.1) is 12.4 Å². The van der Waals surface area contributed by atoms with Gasteiger partial charge in [-0.3, -0.25) is 4.79 Å². The molecular weight excluding hydrogens is 300 g/mol. The lowest BCUT2D eigenvalue weighted by atomic mass is 9.96. The number of amides is 1. The highest BCUT2D eigenvalue weighted by Crippen LogP contribution is 2.26. The molecular formula is C17H21ClN2O2. The van der Waals surface area contributed by atoms with Crippen LogP contribution in [0.3, 0.4) is 0 Å². The number of fused-ring (bicyclic) bond motifs is 1. The molecule has 1 amide bonds. The smallest absolute Gasteiger partial charge is 0.242 e. The highest BCUT2D eigenvalue weighted by molar-refractivity contribution is 5.88. The van der Waals surface area contributed by atoms with Crippen molar-refractivity contribution in [3.05, 3.63) is 48.0 Å². The highest BCUT2D eigenvalue weighted by atomic mass is 35.5. The number of rotatable bonds is 3. The first-order valence-corrected chi connectivity index (χ1v) is 7.38. The summed E-state index contributed by atoms with van der Waals surface area (Å²) in [5, 5.41) is 12.5. The summed E-state index contributed by atoms with van der Waals surface area (Å²) in [5.41, 5.74) is 6.74. The molecule has 5 heteroatoms. The molecule has 0 radical (unpaired) electrons. The Morgan fingerprint density at radius 1 is 1.09 bits per heavy atom. The molecule has 3 rings (SSSR count). The summed E-state index contributed by atoms with van der Waals surface area (Å²) in [7, 11) is 0. The average molecular weight is 321 g/mol. The van der Waals surface area contributed by atoms with Crippen LogP contribution in [0.1, 0.15) is 24.5 Å². The summed E-state index contributed by atoms with van der Waals surface area (Å²) in [6.45, 7) is 1.49. The van der Waals surface area contributed by atoms with Crippen LogP contribution in [-0.4, -0.2) is 35.0 Å². The summed E-state index contributed by atoms with van der Waals surface area (Å²) >= 11 is 0. The van der Waals surface area contributed by atoms with Crippen LogP contribution < -0.4 is 5.73 Å². The third-order valence-electron chi connectivity index (χ3n) is 4.19. The van der Waals surface area contributed by atoms with Crippen molar-refractivity contribution < 1.29 is 9.90 Å². The zero-order chi connectivity index (χ0) is 14.8. The lowest BCUT2D eigenvalue weighted by Gasteiger charge is -2.24. The van der Waals surface area contributed by atoms with E-state index in [1.54, 1.807) is 4.90 Å². The summed E-state index contributed by atoms with van der Waals surface area (Å²) in [6.07, 6.45) is 1.05. The zero-order valence-corrected chi connectivity index (χ0v) is 13.1. The molecule has 0 aromatic heterocycles. The predicted octanol–water partition coefficient (Wildman–Crippen LogP) is 2.24. The van der Waals surface area contributed by atoms with E-state index in [4.69, 9.17) is 5.73 Å². The number of hydrogen-bond acceptors (Lipinski definition) is 3. The van der Waals surface area contributed by atoms with Crippen molar-refractivity contribution in [3.8, 4) is 0 Å². The van der Waals surface area contributed by atoms with E-state index in [1.165, 1.54) is 0 Å². The Kier molecular flexibility index (Phi) is 5.40. The van der Waals surface area contributed by atoms with Crippen molar-refractivity contribution in [3.63, 3.8) is 0 Å². The van der Waals surface area contributed by atoms with Gasteiger partial charge in [0.1, 0.15) is 12.1 Å². The fraction of sp³-hybridized carbons (Fsp3) is 0.353. The monoisotopic (exact) mass is 320 g/mol. The molecule has 0 unspecified atom stereocenters. The average Bonchev–Trinajstić information content (AvgIpc) is 3.06. The number of aliphatic hydroxyl groups is 1. The van der Waals surface area contributed by atoms with E-state index in [-0.39, 0.29) is 18.3 Å². The molecule has 0 saturated carbocycles. The Morgan fingerprint density at radius 2 is 1.73 bits per heavy atom. The normalized spacial score (nSPS) is 17.1. The van der Waals surface area contributed by atoms with Gasteiger partial charge in [-0.25, -0.2) is 0 Å². The maximum Gasteiger partial charge on any atom is 0.242 e. The molecule has 2 aromatic carbocycles. The van der Waals surface area contributed by atoms with Gasteiger partial charge >= 0.3 is 0 Å². The van der Waals surface area contributed by atoms with E-state index in [0.717, 1.165) is 36.7 Å². The molecule has 0 bridgehead atoms. The summed E-state index contributed by atoms with van der Waals surface area (Å²) in [5.74, 6) is -0.159. The second kappa shape index (κ2) is 7.09. The van der Waals surface area contributed by atoms with Crippen LogP contribution in [0.4, 0.5) is 0 Å². The second-order valence-corrected chi connectivity index (χ2v) is 5.57. The Balaban J connectivity index is 0.00000176. The van der Waals surface area contributed by atoms with E-state index in [1.807, 2.05) is 42.5 Å². The zero-order valence-electron chi connectivity index (χ0n) is 12.3. The molecule has 2 atom stereocenters. The first-order valence-electron chi connectivity index (χ1n) is 7.38. The fourth-order valence-electron chi connectivity index (χ4n) is 2.99. The number of nitrogens with two attached hydrogens (primary N) is 1. The predicted molar refractivity (Wildman–Crippen MR) is 89.9 cm³/mol. The molecule has 1 saturated heterocycles. The number of halogens is 1. The molecule has 1 aliphatic rings. The molecule has 3 N–H and O–H groups in total. The highest BCUT2D eigenvalue weighted by Gasteiger charge is 2.30. The van der Waals surface area contributed by atoms with Gasteiger partial charge in [-0.2, -0.15) is 0 Å². The van der Waals surface area contributed by atoms with Crippen LogP contribution in [0.15, 0.2) is 42.5 Å². The first kappa shape index (κ1) is 16.7. The Morgan fingerprint density at radius 3 is 2.45 bits per heavy atom. The molecule has 4 nitrogen and oxygen atoms in total.